The number of nitrogens with one attached hydrogen (secondary N) is 1. The smallest absolute Gasteiger partial charge is 0.251 e. The molecular weight excluding hydrogens is 328 g/mol. The molecule has 0 aromatic heterocycles. The molecule has 1 aromatic rings. The maximum Gasteiger partial charge on any atom is 0.251 e. The minimum absolute atomic E-state index is 0.122. The molecule has 1 atom stereocenters. The van der Waals surface area contributed by atoms with Crippen LogP contribution in [0.5, 0.6) is 0 Å². The summed E-state index contributed by atoms with van der Waals surface area (Å²) in [4.78, 5) is 12.7. The second kappa shape index (κ2) is 6.82. The summed E-state index contributed by atoms with van der Waals surface area (Å²) in [5.41, 5.74) is 1.20. The van der Waals surface area contributed by atoms with Crippen molar-refractivity contribution in [1.82, 2.24) is 9.62 Å². The molecule has 1 N–H and O–H groups in total. The summed E-state index contributed by atoms with van der Waals surface area (Å²) in [7, 11) is -3.59. The molecule has 1 aliphatic carbocycles. The number of amides is 1. The van der Waals surface area contributed by atoms with Crippen LogP contribution < -0.4 is 5.32 Å². The number of morpholine rings is 1. The van der Waals surface area contributed by atoms with Gasteiger partial charge in [0, 0.05) is 24.7 Å². The number of nitrogens with zero attached hydrogens (tertiary/aromatic N) is 1. The van der Waals surface area contributed by atoms with Gasteiger partial charge in [0.05, 0.1) is 18.1 Å². The fraction of sp³-hybridized carbons (Fsp3) is 0.588. The molecule has 0 spiro atoms. The van der Waals surface area contributed by atoms with E-state index in [0.29, 0.717) is 37.8 Å². The monoisotopic (exact) mass is 352 g/mol. The molecular formula is C17H24N2O4S. The van der Waals surface area contributed by atoms with Gasteiger partial charge >= 0.3 is 0 Å². The second-order valence-electron chi connectivity index (χ2n) is 6.59. The van der Waals surface area contributed by atoms with E-state index in [1.807, 2.05) is 13.8 Å². The van der Waals surface area contributed by atoms with Crippen LogP contribution in [0.1, 0.15) is 35.7 Å². The minimum Gasteiger partial charge on any atom is -0.379 e. The lowest BCUT2D eigenvalue weighted by Gasteiger charge is -2.26. The van der Waals surface area contributed by atoms with Crippen LogP contribution in [0.2, 0.25) is 0 Å². The highest BCUT2D eigenvalue weighted by atomic mass is 32.2. The van der Waals surface area contributed by atoms with Crippen molar-refractivity contribution in [3.8, 4) is 0 Å². The summed E-state index contributed by atoms with van der Waals surface area (Å²) < 4.78 is 32.1. The van der Waals surface area contributed by atoms with E-state index in [1.165, 1.54) is 10.4 Å². The first-order valence-electron chi connectivity index (χ1n) is 8.39. The highest BCUT2D eigenvalue weighted by Gasteiger charge is 2.30. The van der Waals surface area contributed by atoms with Crippen molar-refractivity contribution in [1.29, 1.82) is 0 Å². The van der Waals surface area contributed by atoms with Gasteiger partial charge in [0.25, 0.3) is 5.91 Å². The van der Waals surface area contributed by atoms with Gasteiger partial charge < -0.3 is 10.1 Å². The predicted molar refractivity (Wildman–Crippen MR) is 90.4 cm³/mol. The molecule has 7 heteroatoms. The van der Waals surface area contributed by atoms with E-state index >= 15 is 0 Å². The fourth-order valence-electron chi connectivity index (χ4n) is 2.94. The SMILES string of the molecule is Cc1ccc(S(=O)(=O)N2CCOCC2)cc1C(=O)N[C@@H](C)C1CC1. The van der Waals surface area contributed by atoms with Crippen LogP contribution in [0, 0.1) is 12.8 Å². The number of benzene rings is 1. The molecule has 2 fully saturated rings. The molecule has 1 saturated carbocycles. The van der Waals surface area contributed by atoms with E-state index in [9.17, 15) is 13.2 Å². The van der Waals surface area contributed by atoms with Crippen LogP contribution in [0.3, 0.4) is 0 Å². The topological polar surface area (TPSA) is 75.7 Å². The zero-order valence-electron chi connectivity index (χ0n) is 14.1. The lowest BCUT2D eigenvalue weighted by Crippen LogP contribution is -2.40. The molecule has 1 heterocycles. The van der Waals surface area contributed by atoms with Crippen LogP contribution >= 0.6 is 0 Å². The number of ether oxygens (including phenoxy) is 1. The van der Waals surface area contributed by atoms with E-state index in [4.69, 9.17) is 4.74 Å². The van der Waals surface area contributed by atoms with Crippen LogP contribution in [-0.2, 0) is 14.8 Å². The van der Waals surface area contributed by atoms with Gasteiger partial charge in [-0.25, -0.2) is 8.42 Å². The maximum atomic E-state index is 12.8. The third-order valence-electron chi connectivity index (χ3n) is 4.75. The minimum atomic E-state index is -3.59. The Kier molecular flexibility index (Phi) is 4.94. The Morgan fingerprint density at radius 3 is 2.58 bits per heavy atom. The van der Waals surface area contributed by atoms with Crippen molar-refractivity contribution in [2.75, 3.05) is 26.3 Å². The average molecular weight is 352 g/mol. The van der Waals surface area contributed by atoms with Crippen LogP contribution in [0.15, 0.2) is 23.1 Å². The number of aryl methyl sites for hydroxylation is 1. The molecule has 1 saturated heterocycles. The molecule has 1 aliphatic heterocycles. The lowest BCUT2D eigenvalue weighted by molar-refractivity contribution is 0.0730. The van der Waals surface area contributed by atoms with Gasteiger partial charge in [0.2, 0.25) is 10.0 Å². The summed E-state index contributed by atoms with van der Waals surface area (Å²) >= 11 is 0. The molecule has 2 aliphatic rings. The van der Waals surface area contributed by atoms with Crippen molar-refractivity contribution in [2.45, 2.75) is 37.6 Å². The van der Waals surface area contributed by atoms with Gasteiger partial charge in [0.15, 0.2) is 0 Å². The van der Waals surface area contributed by atoms with Gasteiger partial charge in [-0.3, -0.25) is 4.79 Å². The number of hydrogen-bond donors (Lipinski definition) is 1. The summed E-state index contributed by atoms with van der Waals surface area (Å²) in [6.07, 6.45) is 2.29. The zero-order valence-corrected chi connectivity index (χ0v) is 14.9. The first kappa shape index (κ1) is 17.4. The molecule has 0 radical (unpaired) electrons. The molecule has 1 amide bonds. The average Bonchev–Trinajstić information content (AvgIpc) is 3.40. The van der Waals surface area contributed by atoms with Crippen LogP contribution in [0.4, 0.5) is 0 Å². The molecule has 24 heavy (non-hydrogen) atoms. The van der Waals surface area contributed by atoms with E-state index in [1.54, 1.807) is 12.1 Å². The summed E-state index contributed by atoms with van der Waals surface area (Å²) in [6, 6.07) is 4.89. The number of rotatable bonds is 5. The fourth-order valence-corrected chi connectivity index (χ4v) is 4.38. The Morgan fingerprint density at radius 2 is 1.96 bits per heavy atom. The number of sulfonamides is 1. The quantitative estimate of drug-likeness (QED) is 0.872. The first-order valence-corrected chi connectivity index (χ1v) is 9.83. The van der Waals surface area contributed by atoms with Crippen molar-refractivity contribution >= 4 is 15.9 Å². The normalized spacial score (nSPS) is 20.6. The standard InChI is InChI=1S/C17H24N2O4S/c1-12-3-6-15(24(21,22)19-7-9-23-10-8-19)11-16(12)17(20)18-13(2)14-4-5-14/h3,6,11,13-14H,4-5,7-10H2,1-2H3,(H,18,20)/t13-/m0/s1. The number of carbonyl (C=O) groups excluding carboxylic acids is 1. The Bertz CT molecular complexity index is 722. The third-order valence-corrected chi connectivity index (χ3v) is 6.64. The van der Waals surface area contributed by atoms with E-state index in [-0.39, 0.29) is 16.8 Å². The lowest BCUT2D eigenvalue weighted by atomic mass is 10.1. The van der Waals surface area contributed by atoms with Gasteiger partial charge in [-0.15, -0.1) is 0 Å². The van der Waals surface area contributed by atoms with Crippen molar-refractivity contribution in [3.05, 3.63) is 29.3 Å². The second-order valence-corrected chi connectivity index (χ2v) is 8.53. The summed E-state index contributed by atoms with van der Waals surface area (Å²) in [5, 5.41) is 2.99. The highest BCUT2D eigenvalue weighted by molar-refractivity contribution is 7.89. The molecule has 0 unspecified atom stereocenters. The van der Waals surface area contributed by atoms with Gasteiger partial charge in [-0.1, -0.05) is 6.07 Å². The van der Waals surface area contributed by atoms with E-state index < -0.39 is 10.0 Å². The Balaban J connectivity index is 1.83. The van der Waals surface area contributed by atoms with Crippen LogP contribution in [0.25, 0.3) is 0 Å². The van der Waals surface area contributed by atoms with Gasteiger partial charge in [0.1, 0.15) is 0 Å². The Hall–Kier alpha value is -1.44. The van der Waals surface area contributed by atoms with Gasteiger partial charge in [-0.05, 0) is 50.3 Å². The van der Waals surface area contributed by atoms with Gasteiger partial charge in [-0.2, -0.15) is 4.31 Å². The number of carbonyl (C=O) groups is 1. The third kappa shape index (κ3) is 3.63. The molecule has 132 valence electrons. The molecule has 0 bridgehead atoms. The first-order chi connectivity index (χ1) is 11.4. The molecule has 1 aromatic carbocycles. The zero-order chi connectivity index (χ0) is 17.3. The Labute approximate surface area is 143 Å². The summed E-state index contributed by atoms with van der Waals surface area (Å²) in [5.74, 6) is 0.348. The van der Waals surface area contributed by atoms with Crippen molar-refractivity contribution in [2.24, 2.45) is 5.92 Å². The Morgan fingerprint density at radius 1 is 1.29 bits per heavy atom. The van der Waals surface area contributed by atoms with Crippen molar-refractivity contribution < 1.29 is 17.9 Å². The van der Waals surface area contributed by atoms with E-state index in [0.717, 1.165) is 18.4 Å². The molecule has 3 rings (SSSR count). The van der Waals surface area contributed by atoms with Crippen LogP contribution in [-0.4, -0.2) is 51.0 Å². The summed E-state index contributed by atoms with van der Waals surface area (Å²) in [6.45, 7) is 5.31. The highest BCUT2D eigenvalue weighted by Crippen LogP contribution is 2.32. The molecule has 6 nitrogen and oxygen atoms in total. The maximum absolute atomic E-state index is 12.8. The van der Waals surface area contributed by atoms with Crippen molar-refractivity contribution in [3.63, 3.8) is 0 Å². The number of hydrogen-bond acceptors (Lipinski definition) is 4. The van der Waals surface area contributed by atoms with E-state index in [2.05, 4.69) is 5.32 Å². The predicted octanol–water partition coefficient (Wildman–Crippen LogP) is 1.54. The largest absolute Gasteiger partial charge is 0.379 e.